The van der Waals surface area contributed by atoms with Crippen molar-refractivity contribution >= 4 is 22.7 Å². The fraction of sp³-hybridized carbons (Fsp3) is 0.348. The largest absolute Gasteiger partial charge is 0.454 e. The van der Waals surface area contributed by atoms with Crippen LogP contribution in [0.15, 0.2) is 41.2 Å². The van der Waals surface area contributed by atoms with Crippen LogP contribution < -0.4 is 5.56 Å². The molecule has 156 valence electrons. The SMILES string of the molecule is Cc1cc(C(=O)COC(=O)c2cc(=O)[nH]c3ccccc23)c(C)n1CC1CCCO1. The maximum absolute atomic E-state index is 12.7. The molecular formula is C23H24N2O5. The third-order valence-electron chi connectivity index (χ3n) is 5.59. The monoisotopic (exact) mass is 408 g/mol. The first-order chi connectivity index (χ1) is 14.4. The van der Waals surface area contributed by atoms with E-state index in [0.29, 0.717) is 23.0 Å². The van der Waals surface area contributed by atoms with Crippen molar-refractivity contribution in [1.29, 1.82) is 0 Å². The number of nitrogens with one attached hydrogen (secondary N) is 1. The highest BCUT2D eigenvalue weighted by molar-refractivity contribution is 6.05. The van der Waals surface area contributed by atoms with Crippen LogP contribution in [-0.4, -0.2) is 40.6 Å². The number of esters is 1. The Morgan fingerprint density at radius 3 is 2.77 bits per heavy atom. The summed E-state index contributed by atoms with van der Waals surface area (Å²) in [5.41, 5.74) is 2.63. The van der Waals surface area contributed by atoms with E-state index in [9.17, 15) is 14.4 Å². The molecule has 7 heteroatoms. The van der Waals surface area contributed by atoms with Crippen molar-refractivity contribution in [2.45, 2.75) is 39.3 Å². The number of para-hydroxylation sites is 1. The molecule has 0 spiro atoms. The number of fused-ring (bicyclic) bond motifs is 1. The van der Waals surface area contributed by atoms with Crippen molar-refractivity contribution in [2.24, 2.45) is 0 Å². The van der Waals surface area contributed by atoms with Gasteiger partial charge in [-0.05, 0) is 38.8 Å². The van der Waals surface area contributed by atoms with E-state index in [4.69, 9.17) is 9.47 Å². The van der Waals surface area contributed by atoms with Crippen LogP contribution in [-0.2, 0) is 16.0 Å². The Kier molecular flexibility index (Phi) is 5.55. The number of carbonyl (C=O) groups is 2. The average Bonchev–Trinajstić information content (AvgIpc) is 3.35. The fourth-order valence-corrected chi connectivity index (χ4v) is 4.02. The molecule has 1 N–H and O–H groups in total. The van der Waals surface area contributed by atoms with Gasteiger partial charge in [0.05, 0.1) is 11.7 Å². The van der Waals surface area contributed by atoms with Gasteiger partial charge < -0.3 is 19.0 Å². The predicted molar refractivity (Wildman–Crippen MR) is 112 cm³/mol. The molecule has 7 nitrogen and oxygen atoms in total. The van der Waals surface area contributed by atoms with Crippen LogP contribution in [0.4, 0.5) is 0 Å². The molecule has 0 bridgehead atoms. The zero-order chi connectivity index (χ0) is 21.3. The van der Waals surface area contributed by atoms with Gasteiger partial charge in [-0.2, -0.15) is 0 Å². The number of Topliss-reactive ketones (excluding diaryl/α,β-unsaturated/α-hetero) is 1. The van der Waals surface area contributed by atoms with Gasteiger partial charge >= 0.3 is 5.97 Å². The van der Waals surface area contributed by atoms with Gasteiger partial charge in [0.15, 0.2) is 6.61 Å². The molecule has 0 aliphatic carbocycles. The molecular weight excluding hydrogens is 384 g/mol. The topological polar surface area (TPSA) is 90.4 Å². The predicted octanol–water partition coefficient (Wildman–Crippen LogP) is 3.17. The Balaban J connectivity index is 1.49. The van der Waals surface area contributed by atoms with Crippen molar-refractivity contribution in [3.8, 4) is 0 Å². The molecule has 1 unspecified atom stereocenters. The molecule has 1 saturated heterocycles. The van der Waals surface area contributed by atoms with Crippen LogP contribution >= 0.6 is 0 Å². The van der Waals surface area contributed by atoms with Crippen molar-refractivity contribution in [2.75, 3.05) is 13.2 Å². The number of hydrogen-bond donors (Lipinski definition) is 1. The fourth-order valence-electron chi connectivity index (χ4n) is 4.02. The summed E-state index contributed by atoms with van der Waals surface area (Å²) in [6.07, 6.45) is 2.24. The minimum absolute atomic E-state index is 0.144. The summed E-state index contributed by atoms with van der Waals surface area (Å²) in [5, 5.41) is 0.573. The van der Waals surface area contributed by atoms with E-state index in [0.717, 1.165) is 30.8 Å². The van der Waals surface area contributed by atoms with Crippen molar-refractivity contribution < 1.29 is 19.1 Å². The average molecular weight is 408 g/mol. The number of rotatable bonds is 6. The number of aryl methyl sites for hydroxylation is 1. The van der Waals surface area contributed by atoms with Crippen molar-refractivity contribution in [1.82, 2.24) is 9.55 Å². The number of pyridine rings is 1. The number of H-pyrrole nitrogens is 1. The third kappa shape index (κ3) is 3.93. The van der Waals surface area contributed by atoms with Crippen LogP contribution in [0.25, 0.3) is 10.9 Å². The smallest absolute Gasteiger partial charge is 0.339 e. The molecule has 0 saturated carbocycles. The van der Waals surface area contributed by atoms with Gasteiger partial charge in [0.25, 0.3) is 0 Å². The minimum atomic E-state index is -0.696. The lowest BCUT2D eigenvalue weighted by Crippen LogP contribution is -2.19. The van der Waals surface area contributed by atoms with E-state index in [-0.39, 0.29) is 24.1 Å². The lowest BCUT2D eigenvalue weighted by molar-refractivity contribution is 0.0476. The molecule has 30 heavy (non-hydrogen) atoms. The molecule has 3 aromatic rings. The summed E-state index contributed by atoms with van der Waals surface area (Å²) in [6, 6.07) is 9.99. The Morgan fingerprint density at radius 1 is 1.20 bits per heavy atom. The van der Waals surface area contributed by atoms with E-state index < -0.39 is 11.5 Å². The first-order valence-electron chi connectivity index (χ1n) is 10.0. The molecule has 2 aromatic heterocycles. The second-order valence-corrected chi connectivity index (χ2v) is 7.62. The molecule has 0 amide bonds. The summed E-state index contributed by atoms with van der Waals surface area (Å²) in [6.45, 7) is 4.95. The Hall–Kier alpha value is -3.19. The lowest BCUT2D eigenvalue weighted by Gasteiger charge is -2.14. The maximum Gasteiger partial charge on any atom is 0.339 e. The summed E-state index contributed by atoms with van der Waals surface area (Å²) in [5.74, 6) is -0.969. The molecule has 1 aliphatic heterocycles. The van der Waals surface area contributed by atoms with Crippen LogP contribution in [0, 0.1) is 13.8 Å². The number of benzene rings is 1. The Bertz CT molecular complexity index is 1170. The summed E-state index contributed by atoms with van der Waals surface area (Å²) in [4.78, 5) is 39.9. The standard InChI is InChI=1S/C23H24N2O5/c1-14-10-18(15(2)25(14)12-16-6-5-9-29-16)21(26)13-30-23(28)19-11-22(27)24-20-8-4-3-7-17(19)20/h3-4,7-8,10-11,16H,5-6,9,12-13H2,1-2H3,(H,24,27). The third-order valence-corrected chi connectivity index (χ3v) is 5.59. The van der Waals surface area contributed by atoms with Gasteiger partial charge in [0.2, 0.25) is 11.3 Å². The van der Waals surface area contributed by atoms with Crippen LogP contribution in [0.1, 0.15) is 44.9 Å². The molecule has 1 aliphatic rings. The van der Waals surface area contributed by atoms with E-state index in [1.54, 1.807) is 24.3 Å². The Morgan fingerprint density at radius 2 is 2.00 bits per heavy atom. The number of hydrogen-bond acceptors (Lipinski definition) is 5. The first-order valence-corrected chi connectivity index (χ1v) is 10.0. The van der Waals surface area contributed by atoms with E-state index >= 15 is 0 Å². The summed E-state index contributed by atoms with van der Waals surface area (Å²) < 4.78 is 13.1. The highest BCUT2D eigenvalue weighted by Crippen LogP contribution is 2.21. The Labute approximate surface area is 173 Å². The first kappa shape index (κ1) is 20.1. The second kappa shape index (κ2) is 8.28. The van der Waals surface area contributed by atoms with Gasteiger partial charge in [0, 0.05) is 47.1 Å². The maximum atomic E-state index is 12.7. The minimum Gasteiger partial charge on any atom is -0.454 e. The van der Waals surface area contributed by atoms with Crippen molar-refractivity contribution in [3.05, 3.63) is 69.3 Å². The molecule has 1 fully saturated rings. The number of ether oxygens (including phenoxy) is 2. The zero-order valence-corrected chi connectivity index (χ0v) is 17.1. The van der Waals surface area contributed by atoms with Gasteiger partial charge in [-0.25, -0.2) is 4.79 Å². The lowest BCUT2D eigenvalue weighted by atomic mass is 10.1. The van der Waals surface area contributed by atoms with Crippen LogP contribution in [0.3, 0.4) is 0 Å². The highest BCUT2D eigenvalue weighted by atomic mass is 16.5. The number of carbonyl (C=O) groups excluding carboxylic acids is 2. The molecule has 1 aromatic carbocycles. The van der Waals surface area contributed by atoms with Gasteiger partial charge in [-0.3, -0.25) is 9.59 Å². The van der Waals surface area contributed by atoms with Crippen molar-refractivity contribution in [3.63, 3.8) is 0 Å². The van der Waals surface area contributed by atoms with Gasteiger partial charge in [0.1, 0.15) is 0 Å². The highest BCUT2D eigenvalue weighted by Gasteiger charge is 2.22. The molecule has 1 atom stereocenters. The summed E-state index contributed by atoms with van der Waals surface area (Å²) >= 11 is 0. The number of aromatic nitrogens is 2. The molecule has 0 radical (unpaired) electrons. The second-order valence-electron chi connectivity index (χ2n) is 7.62. The number of nitrogens with zero attached hydrogens (tertiary/aromatic N) is 1. The quantitative estimate of drug-likeness (QED) is 0.500. The molecule has 4 rings (SSSR count). The van der Waals surface area contributed by atoms with Crippen LogP contribution in [0.5, 0.6) is 0 Å². The van der Waals surface area contributed by atoms with E-state index in [1.165, 1.54) is 6.07 Å². The normalized spacial score (nSPS) is 16.1. The number of ketones is 1. The van der Waals surface area contributed by atoms with Gasteiger partial charge in [-0.15, -0.1) is 0 Å². The van der Waals surface area contributed by atoms with E-state index in [1.807, 2.05) is 19.9 Å². The molecule has 3 heterocycles. The zero-order valence-electron chi connectivity index (χ0n) is 17.1. The number of aromatic amines is 1. The van der Waals surface area contributed by atoms with Gasteiger partial charge in [-0.1, -0.05) is 18.2 Å². The van der Waals surface area contributed by atoms with Crippen LogP contribution in [0.2, 0.25) is 0 Å². The van der Waals surface area contributed by atoms with E-state index in [2.05, 4.69) is 9.55 Å². The summed E-state index contributed by atoms with van der Waals surface area (Å²) in [7, 11) is 0.